The fourth-order valence-electron chi connectivity index (χ4n) is 2.06. The van der Waals surface area contributed by atoms with Crippen LogP contribution in [-0.2, 0) is 14.3 Å². The highest BCUT2D eigenvalue weighted by Crippen LogP contribution is 2.29. The van der Waals surface area contributed by atoms with Crippen LogP contribution in [0.1, 0.15) is 0 Å². The van der Waals surface area contributed by atoms with Crippen LogP contribution in [0.4, 0.5) is 0 Å². The maximum atomic E-state index is 11.8. The molecule has 0 aromatic heterocycles. The molecular formula is C9H14N2O7. The van der Waals surface area contributed by atoms with Crippen molar-refractivity contribution < 1.29 is 34.8 Å². The molecule has 0 aliphatic carbocycles. The summed E-state index contributed by atoms with van der Waals surface area (Å²) in [7, 11) is 0. The largest absolute Gasteiger partial charge is 0.394 e. The molecule has 1 spiro atoms. The van der Waals surface area contributed by atoms with E-state index < -0.39 is 48.6 Å². The van der Waals surface area contributed by atoms with Gasteiger partial charge in [-0.15, -0.1) is 0 Å². The topological polar surface area (TPSA) is 148 Å². The Morgan fingerprint density at radius 2 is 1.94 bits per heavy atom. The van der Waals surface area contributed by atoms with Crippen LogP contribution >= 0.6 is 0 Å². The summed E-state index contributed by atoms with van der Waals surface area (Å²) >= 11 is 0. The third-order valence-electron chi connectivity index (χ3n) is 3.06. The molecule has 2 aliphatic heterocycles. The van der Waals surface area contributed by atoms with Gasteiger partial charge in [-0.3, -0.25) is 9.59 Å². The first-order valence-corrected chi connectivity index (χ1v) is 5.34. The van der Waals surface area contributed by atoms with E-state index in [1.165, 1.54) is 0 Å². The molecule has 2 amide bonds. The van der Waals surface area contributed by atoms with E-state index in [1.807, 2.05) is 0 Å². The van der Waals surface area contributed by atoms with Crippen LogP contribution in [0.2, 0.25) is 0 Å². The molecule has 18 heavy (non-hydrogen) atoms. The number of amides is 2. The van der Waals surface area contributed by atoms with E-state index in [0.717, 1.165) is 0 Å². The molecule has 2 fully saturated rings. The SMILES string of the molecule is O=C1CNC(=O)[C@@]2(N1)O[C@H](CO)[C@@H](O)[C@H](O)[C@@H]2O. The minimum absolute atomic E-state index is 0.279. The Kier molecular flexibility index (Phi) is 3.25. The first-order valence-electron chi connectivity index (χ1n) is 5.34. The molecule has 9 nitrogen and oxygen atoms in total. The maximum Gasteiger partial charge on any atom is 0.276 e. The lowest BCUT2D eigenvalue weighted by molar-refractivity contribution is -0.275. The van der Waals surface area contributed by atoms with E-state index in [9.17, 15) is 24.9 Å². The molecule has 2 heterocycles. The van der Waals surface area contributed by atoms with Crippen molar-refractivity contribution in [2.45, 2.75) is 30.1 Å². The number of rotatable bonds is 1. The summed E-state index contributed by atoms with van der Waals surface area (Å²) in [6, 6.07) is 0. The molecule has 102 valence electrons. The normalized spacial score (nSPS) is 44.7. The van der Waals surface area contributed by atoms with Gasteiger partial charge in [0, 0.05) is 0 Å². The van der Waals surface area contributed by atoms with Crippen LogP contribution in [0.25, 0.3) is 0 Å². The maximum absolute atomic E-state index is 11.8. The summed E-state index contributed by atoms with van der Waals surface area (Å²) in [5.74, 6) is -1.46. The van der Waals surface area contributed by atoms with Gasteiger partial charge in [0.2, 0.25) is 5.91 Å². The fraction of sp³-hybridized carbons (Fsp3) is 0.778. The fourth-order valence-corrected chi connectivity index (χ4v) is 2.06. The van der Waals surface area contributed by atoms with Gasteiger partial charge in [-0.2, -0.15) is 0 Å². The molecule has 5 atom stereocenters. The van der Waals surface area contributed by atoms with Gasteiger partial charge in [0.25, 0.3) is 11.6 Å². The van der Waals surface area contributed by atoms with Gasteiger partial charge >= 0.3 is 0 Å². The number of hydrogen-bond acceptors (Lipinski definition) is 7. The monoisotopic (exact) mass is 262 g/mol. The Balaban J connectivity index is 2.34. The van der Waals surface area contributed by atoms with E-state index in [0.29, 0.717) is 0 Å². The second kappa shape index (κ2) is 4.44. The molecule has 0 radical (unpaired) electrons. The molecule has 0 aromatic rings. The summed E-state index contributed by atoms with van der Waals surface area (Å²) in [5, 5.41) is 42.4. The average Bonchev–Trinajstić information content (AvgIpc) is 2.36. The van der Waals surface area contributed by atoms with Crippen molar-refractivity contribution in [3.05, 3.63) is 0 Å². The lowest BCUT2D eigenvalue weighted by Gasteiger charge is -2.48. The Morgan fingerprint density at radius 1 is 1.28 bits per heavy atom. The van der Waals surface area contributed by atoms with Crippen molar-refractivity contribution in [1.82, 2.24) is 10.6 Å². The third-order valence-corrected chi connectivity index (χ3v) is 3.06. The molecule has 6 N–H and O–H groups in total. The predicted octanol–water partition coefficient (Wildman–Crippen LogP) is -4.60. The summed E-state index contributed by atoms with van der Waals surface area (Å²) in [5.41, 5.74) is -2.19. The van der Waals surface area contributed by atoms with Crippen molar-refractivity contribution in [3.8, 4) is 0 Å². The summed E-state index contributed by atoms with van der Waals surface area (Å²) in [6.07, 6.45) is -6.45. The van der Waals surface area contributed by atoms with Crippen LogP contribution in [0, 0.1) is 0 Å². The van der Waals surface area contributed by atoms with Crippen LogP contribution in [-0.4, -0.2) is 75.5 Å². The number of aliphatic hydroxyl groups is 4. The number of carbonyl (C=O) groups is 2. The third kappa shape index (κ3) is 1.76. The number of piperazine rings is 1. The van der Waals surface area contributed by atoms with Gasteiger partial charge in [-0.05, 0) is 0 Å². The van der Waals surface area contributed by atoms with E-state index in [4.69, 9.17) is 9.84 Å². The van der Waals surface area contributed by atoms with Crippen LogP contribution in [0.5, 0.6) is 0 Å². The highest BCUT2D eigenvalue weighted by molar-refractivity contribution is 5.97. The molecule has 9 heteroatoms. The molecule has 2 aliphatic rings. The molecular weight excluding hydrogens is 248 g/mol. The van der Waals surface area contributed by atoms with E-state index >= 15 is 0 Å². The smallest absolute Gasteiger partial charge is 0.276 e. The van der Waals surface area contributed by atoms with Gasteiger partial charge < -0.3 is 35.8 Å². The zero-order chi connectivity index (χ0) is 13.5. The first kappa shape index (κ1) is 13.2. The number of carbonyl (C=O) groups excluding carboxylic acids is 2. The van der Waals surface area contributed by atoms with Gasteiger partial charge in [-0.25, -0.2) is 0 Å². The van der Waals surface area contributed by atoms with Gasteiger partial charge in [0.05, 0.1) is 13.2 Å². The minimum Gasteiger partial charge on any atom is -0.394 e. The molecule has 0 bridgehead atoms. The summed E-state index contributed by atoms with van der Waals surface area (Å²) in [4.78, 5) is 23.0. The van der Waals surface area contributed by atoms with Crippen LogP contribution in [0.3, 0.4) is 0 Å². The molecule has 0 saturated carbocycles. The van der Waals surface area contributed by atoms with E-state index in [2.05, 4.69) is 10.6 Å². The van der Waals surface area contributed by atoms with Crippen molar-refractivity contribution in [2.24, 2.45) is 0 Å². The summed E-state index contributed by atoms with van der Waals surface area (Å²) in [6.45, 7) is -0.963. The molecule has 2 rings (SSSR count). The van der Waals surface area contributed by atoms with Crippen molar-refractivity contribution in [3.63, 3.8) is 0 Å². The Bertz CT molecular complexity index is 374. The lowest BCUT2D eigenvalue weighted by Crippen LogP contribution is -2.79. The zero-order valence-electron chi connectivity index (χ0n) is 9.24. The van der Waals surface area contributed by atoms with Crippen molar-refractivity contribution >= 4 is 11.8 Å². The second-order valence-corrected chi connectivity index (χ2v) is 4.23. The van der Waals surface area contributed by atoms with Crippen molar-refractivity contribution in [1.29, 1.82) is 0 Å². The van der Waals surface area contributed by atoms with E-state index in [1.54, 1.807) is 0 Å². The lowest BCUT2D eigenvalue weighted by atomic mass is 9.89. The molecule has 0 aromatic carbocycles. The first-order chi connectivity index (χ1) is 8.42. The number of ether oxygens (including phenoxy) is 1. The van der Waals surface area contributed by atoms with Gasteiger partial charge in [-0.1, -0.05) is 0 Å². The highest BCUT2D eigenvalue weighted by atomic mass is 16.6. The molecule has 0 unspecified atom stereocenters. The number of hydrogen-bond donors (Lipinski definition) is 6. The minimum atomic E-state index is -2.19. The average molecular weight is 262 g/mol. The highest BCUT2D eigenvalue weighted by Gasteiger charge is 2.60. The Labute approximate surface area is 101 Å². The zero-order valence-corrected chi connectivity index (χ0v) is 9.24. The quantitative estimate of drug-likeness (QED) is 0.278. The van der Waals surface area contributed by atoms with Crippen LogP contribution < -0.4 is 10.6 Å². The Morgan fingerprint density at radius 3 is 2.56 bits per heavy atom. The van der Waals surface area contributed by atoms with Crippen LogP contribution in [0.15, 0.2) is 0 Å². The van der Waals surface area contributed by atoms with Gasteiger partial charge in [0.15, 0.2) is 0 Å². The molecule has 2 saturated heterocycles. The standard InChI is InChI=1S/C9H14N2O7/c12-2-3-5(14)6(15)7(16)9(18-3)8(17)10-1-4(13)11-9/h3,5-7,12,14-16H,1-2H2,(H,10,17)(H,11,13)/t3-,5-,6+,7+,9+/m1/s1. The summed E-state index contributed by atoms with van der Waals surface area (Å²) < 4.78 is 5.09. The predicted molar refractivity (Wildman–Crippen MR) is 53.9 cm³/mol. The Hall–Kier alpha value is -1.26. The van der Waals surface area contributed by atoms with Gasteiger partial charge in [0.1, 0.15) is 24.4 Å². The second-order valence-electron chi connectivity index (χ2n) is 4.23. The number of nitrogens with one attached hydrogen (secondary N) is 2. The van der Waals surface area contributed by atoms with Crippen molar-refractivity contribution in [2.75, 3.05) is 13.2 Å². The number of aliphatic hydroxyl groups excluding tert-OH is 4. The van der Waals surface area contributed by atoms with E-state index in [-0.39, 0.29) is 6.54 Å².